The van der Waals surface area contributed by atoms with Crippen molar-refractivity contribution >= 4 is 23.7 Å². The monoisotopic (exact) mass is 383 g/mol. The molecule has 6 nitrogen and oxygen atoms in total. The largest absolute Gasteiger partial charge is 0.480 e. The zero-order chi connectivity index (χ0) is 19.5. The summed E-state index contributed by atoms with van der Waals surface area (Å²) in [4.78, 5) is 23.2. The van der Waals surface area contributed by atoms with E-state index < -0.39 is 29.5 Å². The number of furan rings is 1. The number of alkyl carbamates (subject to hydrolysis) is 1. The first kappa shape index (κ1) is 19.8. The average molecular weight is 384 g/mol. The Morgan fingerprint density at radius 3 is 2.58 bits per heavy atom. The van der Waals surface area contributed by atoms with Crippen LogP contribution in [0.1, 0.15) is 26.5 Å². The van der Waals surface area contributed by atoms with Crippen LogP contribution in [0.3, 0.4) is 0 Å². The molecule has 1 atom stereocenters. The Kier molecular flexibility index (Phi) is 5.92. The van der Waals surface area contributed by atoms with E-state index in [4.69, 9.17) is 20.8 Å². The predicted molar refractivity (Wildman–Crippen MR) is 93.6 cm³/mol. The van der Waals surface area contributed by atoms with Crippen molar-refractivity contribution in [3.05, 3.63) is 46.9 Å². The first-order valence-corrected chi connectivity index (χ1v) is 8.19. The first-order chi connectivity index (χ1) is 12.0. The zero-order valence-corrected chi connectivity index (χ0v) is 15.3. The van der Waals surface area contributed by atoms with Crippen LogP contribution in [0, 0.1) is 5.82 Å². The highest BCUT2D eigenvalue weighted by atomic mass is 35.5. The quantitative estimate of drug-likeness (QED) is 0.805. The number of hydrogen-bond acceptors (Lipinski definition) is 4. The van der Waals surface area contributed by atoms with Gasteiger partial charge in [0.15, 0.2) is 0 Å². The summed E-state index contributed by atoms with van der Waals surface area (Å²) in [5, 5.41) is 11.6. The molecule has 1 aromatic heterocycles. The van der Waals surface area contributed by atoms with Crippen molar-refractivity contribution < 1.29 is 28.2 Å². The molecule has 140 valence electrons. The third-order valence-corrected chi connectivity index (χ3v) is 3.55. The summed E-state index contributed by atoms with van der Waals surface area (Å²) in [6.07, 6.45) is -0.911. The van der Waals surface area contributed by atoms with E-state index >= 15 is 0 Å². The van der Waals surface area contributed by atoms with Gasteiger partial charge < -0.3 is 19.6 Å². The number of carboxylic acids is 1. The molecule has 0 aliphatic heterocycles. The minimum Gasteiger partial charge on any atom is -0.480 e. The third kappa shape index (κ3) is 5.49. The maximum Gasteiger partial charge on any atom is 0.408 e. The van der Waals surface area contributed by atoms with Crippen LogP contribution >= 0.6 is 11.6 Å². The van der Waals surface area contributed by atoms with Crippen LogP contribution in [0.4, 0.5) is 9.18 Å². The van der Waals surface area contributed by atoms with Gasteiger partial charge in [0.2, 0.25) is 0 Å². The van der Waals surface area contributed by atoms with E-state index in [0.717, 1.165) is 0 Å². The maximum absolute atomic E-state index is 13.2. The topological polar surface area (TPSA) is 88.8 Å². The van der Waals surface area contributed by atoms with Crippen LogP contribution in [0.15, 0.2) is 34.7 Å². The lowest BCUT2D eigenvalue weighted by atomic mass is 10.1. The molecule has 26 heavy (non-hydrogen) atoms. The molecule has 0 bridgehead atoms. The van der Waals surface area contributed by atoms with E-state index in [0.29, 0.717) is 17.1 Å². The molecule has 0 saturated heterocycles. The molecule has 2 rings (SSSR count). The van der Waals surface area contributed by atoms with E-state index in [1.807, 2.05) is 0 Å². The second-order valence-electron chi connectivity index (χ2n) is 6.64. The van der Waals surface area contributed by atoms with E-state index in [9.17, 15) is 19.1 Å². The molecule has 1 unspecified atom stereocenters. The van der Waals surface area contributed by atoms with Crippen LogP contribution < -0.4 is 5.32 Å². The molecule has 8 heteroatoms. The lowest BCUT2D eigenvalue weighted by molar-refractivity contribution is -0.139. The Balaban J connectivity index is 2.10. The summed E-state index contributed by atoms with van der Waals surface area (Å²) in [6.45, 7) is 5.03. The number of carbonyl (C=O) groups excluding carboxylic acids is 1. The van der Waals surface area contributed by atoms with Gasteiger partial charge in [0, 0.05) is 12.0 Å². The SMILES string of the molecule is CC(C)(C)OC(=O)NC(Cc1ccc(-c2ccc(F)c(Cl)c2)o1)C(=O)O. The summed E-state index contributed by atoms with van der Waals surface area (Å²) in [5.41, 5.74) is -0.193. The molecule has 0 spiro atoms. The Labute approximate surface area is 154 Å². The number of carbonyl (C=O) groups is 2. The highest BCUT2D eigenvalue weighted by molar-refractivity contribution is 6.31. The van der Waals surface area contributed by atoms with Crippen LogP contribution in [-0.4, -0.2) is 28.8 Å². The van der Waals surface area contributed by atoms with E-state index in [-0.39, 0.29) is 11.4 Å². The summed E-state index contributed by atoms with van der Waals surface area (Å²) >= 11 is 5.75. The standard InChI is InChI=1S/C18H19ClFNO5/c1-18(2,3)26-17(24)21-14(16(22)23)9-11-5-7-15(25-11)10-4-6-13(20)12(19)8-10/h4-8,14H,9H2,1-3H3,(H,21,24)(H,22,23). The molecule has 0 aliphatic rings. The van der Waals surface area contributed by atoms with Crippen LogP contribution in [0.25, 0.3) is 11.3 Å². The van der Waals surface area contributed by atoms with Crippen molar-refractivity contribution in [2.75, 3.05) is 0 Å². The highest BCUT2D eigenvalue weighted by Crippen LogP contribution is 2.27. The molecular weight excluding hydrogens is 365 g/mol. The van der Waals surface area contributed by atoms with Gasteiger partial charge in [0.1, 0.15) is 29.0 Å². The summed E-state index contributed by atoms with van der Waals surface area (Å²) in [5.74, 6) is -1.03. The maximum atomic E-state index is 13.2. The molecule has 1 heterocycles. The number of ether oxygens (including phenoxy) is 1. The van der Waals surface area contributed by atoms with Crippen molar-refractivity contribution in [1.29, 1.82) is 0 Å². The van der Waals surface area contributed by atoms with E-state index in [1.165, 1.54) is 18.2 Å². The van der Waals surface area contributed by atoms with E-state index in [2.05, 4.69) is 5.32 Å². The first-order valence-electron chi connectivity index (χ1n) is 7.81. The Bertz CT molecular complexity index is 812. The van der Waals surface area contributed by atoms with Crippen LogP contribution in [-0.2, 0) is 16.0 Å². The van der Waals surface area contributed by atoms with Crippen molar-refractivity contribution in [3.8, 4) is 11.3 Å². The second-order valence-corrected chi connectivity index (χ2v) is 7.04. The highest BCUT2D eigenvalue weighted by Gasteiger charge is 2.25. The number of halogens is 2. The van der Waals surface area contributed by atoms with Crippen molar-refractivity contribution in [2.24, 2.45) is 0 Å². The summed E-state index contributed by atoms with van der Waals surface area (Å²) in [6, 6.07) is 6.10. The molecular formula is C18H19ClFNO5. The molecule has 1 aromatic carbocycles. The number of rotatable bonds is 5. The number of amides is 1. The average Bonchev–Trinajstić information content (AvgIpc) is 2.96. The molecule has 0 saturated carbocycles. The van der Waals surface area contributed by atoms with Gasteiger partial charge in [0.25, 0.3) is 0 Å². The fourth-order valence-corrected chi connectivity index (χ4v) is 2.32. The van der Waals surface area contributed by atoms with E-state index in [1.54, 1.807) is 32.9 Å². The minimum absolute atomic E-state index is 0.0459. The molecule has 0 aliphatic carbocycles. The van der Waals surface area contributed by atoms with Gasteiger partial charge in [-0.05, 0) is 51.1 Å². The van der Waals surface area contributed by atoms with Gasteiger partial charge in [-0.25, -0.2) is 14.0 Å². The number of hydrogen-bond donors (Lipinski definition) is 2. The lowest BCUT2D eigenvalue weighted by Crippen LogP contribution is -2.44. The van der Waals surface area contributed by atoms with Gasteiger partial charge in [-0.2, -0.15) is 0 Å². The van der Waals surface area contributed by atoms with Crippen molar-refractivity contribution in [3.63, 3.8) is 0 Å². The second kappa shape index (κ2) is 7.78. The lowest BCUT2D eigenvalue weighted by Gasteiger charge is -2.21. The number of carboxylic acid groups (broad SMARTS) is 1. The fourth-order valence-electron chi connectivity index (χ4n) is 2.14. The Morgan fingerprint density at radius 2 is 2.00 bits per heavy atom. The van der Waals surface area contributed by atoms with Gasteiger partial charge in [-0.3, -0.25) is 0 Å². The molecule has 0 radical (unpaired) electrons. The number of nitrogens with one attached hydrogen (secondary N) is 1. The zero-order valence-electron chi connectivity index (χ0n) is 14.5. The number of benzene rings is 1. The van der Waals surface area contributed by atoms with Crippen LogP contribution in [0.5, 0.6) is 0 Å². The van der Waals surface area contributed by atoms with Crippen molar-refractivity contribution in [1.82, 2.24) is 5.32 Å². The Hall–Kier alpha value is -2.54. The third-order valence-electron chi connectivity index (χ3n) is 3.26. The molecule has 2 N–H and O–H groups in total. The minimum atomic E-state index is -1.22. The van der Waals surface area contributed by atoms with Gasteiger partial charge in [-0.1, -0.05) is 11.6 Å². The number of aliphatic carboxylic acids is 1. The van der Waals surface area contributed by atoms with Gasteiger partial charge in [-0.15, -0.1) is 0 Å². The normalized spacial score (nSPS) is 12.5. The molecule has 1 amide bonds. The molecule has 2 aromatic rings. The fraction of sp³-hybridized carbons (Fsp3) is 0.333. The smallest absolute Gasteiger partial charge is 0.408 e. The summed E-state index contributed by atoms with van der Waals surface area (Å²) in [7, 11) is 0. The van der Waals surface area contributed by atoms with Gasteiger partial charge >= 0.3 is 12.1 Å². The van der Waals surface area contributed by atoms with Gasteiger partial charge in [0.05, 0.1) is 5.02 Å². The summed E-state index contributed by atoms with van der Waals surface area (Å²) < 4.78 is 23.9. The van der Waals surface area contributed by atoms with Crippen LogP contribution in [0.2, 0.25) is 5.02 Å². The Morgan fingerprint density at radius 1 is 1.31 bits per heavy atom. The molecule has 0 fully saturated rings. The van der Waals surface area contributed by atoms with Crippen molar-refractivity contribution in [2.45, 2.75) is 38.8 Å². The predicted octanol–water partition coefficient (Wildman–Crippen LogP) is 4.26.